The molecule has 1 N–H and O–H groups in total. The van der Waals surface area contributed by atoms with Gasteiger partial charge in [0.1, 0.15) is 0 Å². The lowest BCUT2D eigenvalue weighted by molar-refractivity contribution is 0.199. The quantitative estimate of drug-likeness (QED) is 0.745. The van der Waals surface area contributed by atoms with E-state index in [0.29, 0.717) is 15.6 Å². The number of hydrogen-bond donors (Lipinski definition) is 1. The van der Waals surface area contributed by atoms with Crippen LogP contribution in [0.5, 0.6) is 0 Å². The van der Waals surface area contributed by atoms with Crippen LogP contribution in [0.15, 0.2) is 12.1 Å². The Hall–Kier alpha value is -0.240. The van der Waals surface area contributed by atoms with Crippen molar-refractivity contribution < 1.29 is 5.11 Å². The summed E-state index contributed by atoms with van der Waals surface area (Å²) in [7, 11) is 0. The Kier molecular flexibility index (Phi) is 2.99. The molecule has 3 heteroatoms. The molecule has 1 nitrogen and oxygen atoms in total. The largest absolute Gasteiger partial charge is 0.389 e. The van der Waals surface area contributed by atoms with Crippen molar-refractivity contribution in [3.05, 3.63) is 33.3 Å². The van der Waals surface area contributed by atoms with Crippen molar-refractivity contribution in [2.45, 2.75) is 20.0 Å². The van der Waals surface area contributed by atoms with E-state index in [-0.39, 0.29) is 0 Å². The van der Waals surface area contributed by atoms with E-state index >= 15 is 0 Å². The highest BCUT2D eigenvalue weighted by molar-refractivity contribution is 6.34. The predicted molar refractivity (Wildman–Crippen MR) is 51.8 cm³/mol. The van der Waals surface area contributed by atoms with Gasteiger partial charge in [0.25, 0.3) is 0 Å². The minimum Gasteiger partial charge on any atom is -0.389 e. The van der Waals surface area contributed by atoms with E-state index in [9.17, 15) is 5.11 Å². The zero-order valence-electron chi connectivity index (χ0n) is 6.94. The summed E-state index contributed by atoms with van der Waals surface area (Å²) in [4.78, 5) is 0. The first-order chi connectivity index (χ1) is 5.52. The number of hydrogen-bond acceptors (Lipinski definition) is 1. The summed E-state index contributed by atoms with van der Waals surface area (Å²) in [6.07, 6.45) is -0.574. The number of halogens is 2. The van der Waals surface area contributed by atoms with Gasteiger partial charge in [-0.3, -0.25) is 0 Å². The molecule has 0 aliphatic rings. The van der Waals surface area contributed by atoms with E-state index in [4.69, 9.17) is 23.2 Å². The fourth-order valence-electron chi connectivity index (χ4n) is 1.06. The average Bonchev–Trinajstić information content (AvgIpc) is 1.96. The number of aryl methyl sites for hydroxylation is 1. The van der Waals surface area contributed by atoms with Crippen LogP contribution in [0.25, 0.3) is 0 Å². The maximum atomic E-state index is 9.31. The van der Waals surface area contributed by atoms with E-state index in [1.807, 2.05) is 6.92 Å². The van der Waals surface area contributed by atoms with Gasteiger partial charge in [-0.25, -0.2) is 0 Å². The second kappa shape index (κ2) is 3.65. The second-order valence-corrected chi connectivity index (χ2v) is 3.62. The first-order valence-corrected chi connectivity index (χ1v) is 4.41. The van der Waals surface area contributed by atoms with Gasteiger partial charge < -0.3 is 5.11 Å². The molecular formula is C9H10Cl2O. The van der Waals surface area contributed by atoms with Gasteiger partial charge in [-0.2, -0.15) is 0 Å². The molecule has 0 heterocycles. The molecule has 66 valence electrons. The molecule has 0 amide bonds. The van der Waals surface area contributed by atoms with Gasteiger partial charge in [0, 0.05) is 15.6 Å². The van der Waals surface area contributed by atoms with Crippen LogP contribution in [0.2, 0.25) is 10.0 Å². The van der Waals surface area contributed by atoms with Crippen molar-refractivity contribution in [1.29, 1.82) is 0 Å². The van der Waals surface area contributed by atoms with Crippen LogP contribution in [0.1, 0.15) is 24.2 Å². The van der Waals surface area contributed by atoms with E-state index in [0.717, 1.165) is 5.56 Å². The number of aliphatic hydroxyl groups excluding tert-OH is 1. The highest BCUT2D eigenvalue weighted by atomic mass is 35.5. The lowest BCUT2D eigenvalue weighted by Crippen LogP contribution is -1.93. The van der Waals surface area contributed by atoms with E-state index in [1.54, 1.807) is 19.1 Å². The monoisotopic (exact) mass is 204 g/mol. The molecule has 1 aromatic carbocycles. The van der Waals surface area contributed by atoms with Crippen molar-refractivity contribution in [1.82, 2.24) is 0 Å². The predicted octanol–water partition coefficient (Wildman–Crippen LogP) is 3.36. The summed E-state index contributed by atoms with van der Waals surface area (Å²) >= 11 is 11.7. The van der Waals surface area contributed by atoms with Crippen LogP contribution in [0, 0.1) is 6.92 Å². The third kappa shape index (κ3) is 1.92. The highest BCUT2D eigenvalue weighted by Crippen LogP contribution is 2.29. The molecule has 0 fully saturated rings. The molecule has 0 aliphatic heterocycles. The molecule has 0 saturated carbocycles. The summed E-state index contributed by atoms with van der Waals surface area (Å²) in [5.74, 6) is 0. The first-order valence-electron chi connectivity index (χ1n) is 3.66. The van der Waals surface area contributed by atoms with Gasteiger partial charge in [0.2, 0.25) is 0 Å². The molecule has 0 spiro atoms. The van der Waals surface area contributed by atoms with Gasteiger partial charge >= 0.3 is 0 Å². The van der Waals surface area contributed by atoms with Gasteiger partial charge in [0.15, 0.2) is 0 Å². The number of aliphatic hydroxyl groups is 1. The van der Waals surface area contributed by atoms with E-state index < -0.39 is 6.10 Å². The molecule has 1 rings (SSSR count). The molecule has 1 unspecified atom stereocenters. The highest BCUT2D eigenvalue weighted by Gasteiger charge is 2.09. The lowest BCUT2D eigenvalue weighted by atomic mass is 10.1. The van der Waals surface area contributed by atoms with Crippen LogP contribution in [0.3, 0.4) is 0 Å². The number of rotatable bonds is 1. The maximum Gasteiger partial charge on any atom is 0.0776 e. The molecule has 0 radical (unpaired) electrons. The molecular weight excluding hydrogens is 195 g/mol. The van der Waals surface area contributed by atoms with Crippen LogP contribution in [-0.2, 0) is 0 Å². The van der Waals surface area contributed by atoms with Crippen LogP contribution >= 0.6 is 23.2 Å². The topological polar surface area (TPSA) is 20.2 Å². The van der Waals surface area contributed by atoms with E-state index in [1.165, 1.54) is 0 Å². The first kappa shape index (κ1) is 9.85. The van der Waals surface area contributed by atoms with Crippen molar-refractivity contribution in [3.63, 3.8) is 0 Å². The molecule has 0 bridgehead atoms. The van der Waals surface area contributed by atoms with Gasteiger partial charge in [-0.1, -0.05) is 23.2 Å². The average molecular weight is 205 g/mol. The zero-order valence-corrected chi connectivity index (χ0v) is 8.45. The van der Waals surface area contributed by atoms with Crippen molar-refractivity contribution >= 4 is 23.2 Å². The Balaban J connectivity index is 3.28. The van der Waals surface area contributed by atoms with Crippen LogP contribution in [0.4, 0.5) is 0 Å². The van der Waals surface area contributed by atoms with Crippen LogP contribution < -0.4 is 0 Å². The third-order valence-electron chi connectivity index (χ3n) is 1.70. The van der Waals surface area contributed by atoms with Gasteiger partial charge in [0.05, 0.1) is 6.10 Å². The fourth-order valence-corrected chi connectivity index (χ4v) is 1.60. The third-order valence-corrected chi connectivity index (χ3v) is 2.43. The molecule has 1 aromatic rings. The van der Waals surface area contributed by atoms with Crippen molar-refractivity contribution in [2.24, 2.45) is 0 Å². The standard InChI is InChI=1S/C9H10Cl2O/c1-5-3-7(10)4-8(6(2)12)9(5)11/h3-4,6,12H,1-2H3. The maximum absolute atomic E-state index is 9.31. The SMILES string of the molecule is Cc1cc(Cl)cc(C(C)O)c1Cl. The Bertz CT molecular complexity index is 295. The summed E-state index contributed by atoms with van der Waals surface area (Å²) in [6, 6.07) is 3.46. The fraction of sp³-hybridized carbons (Fsp3) is 0.333. The Labute approximate surface area is 81.9 Å². The Morgan fingerprint density at radius 1 is 1.33 bits per heavy atom. The summed E-state index contributed by atoms with van der Waals surface area (Å²) in [6.45, 7) is 3.52. The normalized spacial score (nSPS) is 13.1. The Morgan fingerprint density at radius 2 is 1.92 bits per heavy atom. The van der Waals surface area contributed by atoms with Crippen molar-refractivity contribution in [2.75, 3.05) is 0 Å². The van der Waals surface area contributed by atoms with Gasteiger partial charge in [-0.15, -0.1) is 0 Å². The van der Waals surface area contributed by atoms with Gasteiger partial charge in [-0.05, 0) is 31.5 Å². The molecule has 1 atom stereocenters. The summed E-state index contributed by atoms with van der Waals surface area (Å²) in [5, 5.41) is 10.5. The molecule has 0 aromatic heterocycles. The van der Waals surface area contributed by atoms with E-state index in [2.05, 4.69) is 0 Å². The molecule has 12 heavy (non-hydrogen) atoms. The Morgan fingerprint density at radius 3 is 2.42 bits per heavy atom. The summed E-state index contributed by atoms with van der Waals surface area (Å²) in [5.41, 5.74) is 1.57. The smallest absolute Gasteiger partial charge is 0.0776 e. The lowest BCUT2D eigenvalue weighted by Gasteiger charge is -2.09. The second-order valence-electron chi connectivity index (χ2n) is 2.80. The van der Waals surface area contributed by atoms with Crippen LogP contribution in [-0.4, -0.2) is 5.11 Å². The minimum absolute atomic E-state index is 0.574. The number of benzene rings is 1. The van der Waals surface area contributed by atoms with Crippen molar-refractivity contribution in [3.8, 4) is 0 Å². The minimum atomic E-state index is -0.574. The molecule has 0 saturated heterocycles. The zero-order chi connectivity index (χ0) is 9.30. The summed E-state index contributed by atoms with van der Waals surface area (Å²) < 4.78 is 0. The molecule has 0 aliphatic carbocycles.